The zero-order valence-electron chi connectivity index (χ0n) is 15.6. The highest BCUT2D eigenvalue weighted by atomic mass is 15.4. The minimum atomic E-state index is 0. The summed E-state index contributed by atoms with van der Waals surface area (Å²) in [7, 11) is 0. The average Bonchev–Trinajstić information content (AvgIpc) is 3.10. The van der Waals surface area contributed by atoms with Crippen molar-refractivity contribution >= 4 is 34.2 Å². The first-order valence-electron chi connectivity index (χ1n) is 8.85. The van der Waals surface area contributed by atoms with Gasteiger partial charge in [-0.3, -0.25) is 0 Å². The van der Waals surface area contributed by atoms with Crippen molar-refractivity contribution in [2.45, 2.75) is 27.7 Å². The van der Waals surface area contributed by atoms with Crippen molar-refractivity contribution in [3.8, 4) is 0 Å². The number of H-pyrrole nitrogens is 1. The molecule has 2 N–H and O–H groups in total. The van der Waals surface area contributed by atoms with Gasteiger partial charge in [0.15, 0.2) is 5.65 Å². The maximum Gasteiger partial charge on any atom is 0.265 e. The molecule has 4 rings (SSSR count). The van der Waals surface area contributed by atoms with Gasteiger partial charge in [0.1, 0.15) is 5.52 Å². The monoisotopic (exact) mass is 352 g/mol. The first-order valence-corrected chi connectivity index (χ1v) is 8.85. The third-order valence-electron chi connectivity index (χ3n) is 3.30. The Bertz CT molecular complexity index is 970. The molecule has 0 radical (unpaired) electrons. The van der Waals surface area contributed by atoms with Crippen molar-refractivity contribution in [3.63, 3.8) is 0 Å². The minimum absolute atomic E-state index is 0. The Morgan fingerprint density at radius 2 is 1.62 bits per heavy atom. The Morgan fingerprint density at radius 1 is 0.923 bits per heavy atom. The maximum absolute atomic E-state index is 4.39. The van der Waals surface area contributed by atoms with Crippen LogP contribution in [-0.4, -0.2) is 26.4 Å². The van der Waals surface area contributed by atoms with Gasteiger partial charge in [0.2, 0.25) is 0 Å². The zero-order valence-corrected chi connectivity index (χ0v) is 15.6. The molecule has 0 bridgehead atoms. The SMILES string of the molecule is C(=N\Nc1nnc2c(n1)[nH]c1ccccc12)/c1ccccc1.CC.CC.[HH].[HH]. The molecule has 2 aromatic heterocycles. The first-order chi connectivity index (χ1) is 12.9. The van der Waals surface area contributed by atoms with E-state index in [9.17, 15) is 0 Å². The van der Waals surface area contributed by atoms with Crippen LogP contribution < -0.4 is 5.43 Å². The molecule has 138 valence electrons. The van der Waals surface area contributed by atoms with Gasteiger partial charge in [-0.15, -0.1) is 10.2 Å². The maximum atomic E-state index is 4.39. The van der Waals surface area contributed by atoms with Crippen molar-refractivity contribution < 1.29 is 2.85 Å². The van der Waals surface area contributed by atoms with Crippen LogP contribution in [0.1, 0.15) is 36.1 Å². The lowest BCUT2D eigenvalue weighted by Crippen LogP contribution is -1.98. The number of aromatic nitrogens is 4. The highest BCUT2D eigenvalue weighted by molar-refractivity contribution is 6.03. The van der Waals surface area contributed by atoms with E-state index in [-0.39, 0.29) is 2.85 Å². The first kappa shape index (κ1) is 19.1. The second-order valence-electron chi connectivity index (χ2n) is 4.78. The van der Waals surface area contributed by atoms with Crippen molar-refractivity contribution in [2.24, 2.45) is 5.10 Å². The number of benzene rings is 2. The molecule has 0 atom stereocenters. The number of hydrazone groups is 1. The average molecular weight is 352 g/mol. The van der Waals surface area contributed by atoms with Crippen LogP contribution >= 0.6 is 0 Å². The molecule has 0 unspecified atom stereocenters. The van der Waals surface area contributed by atoms with Crippen LogP contribution in [0.3, 0.4) is 0 Å². The third kappa shape index (κ3) is 4.42. The molecule has 2 heterocycles. The fourth-order valence-corrected chi connectivity index (χ4v) is 2.27. The lowest BCUT2D eigenvalue weighted by Gasteiger charge is -1.97. The summed E-state index contributed by atoms with van der Waals surface area (Å²) >= 11 is 0. The molecule has 4 aromatic rings. The van der Waals surface area contributed by atoms with Crippen LogP contribution in [0.2, 0.25) is 0 Å². The van der Waals surface area contributed by atoms with E-state index in [1.165, 1.54) is 0 Å². The van der Waals surface area contributed by atoms with Gasteiger partial charge in [-0.2, -0.15) is 10.1 Å². The number of hydrogen-bond acceptors (Lipinski definition) is 5. The molecule has 6 nitrogen and oxygen atoms in total. The summed E-state index contributed by atoms with van der Waals surface area (Å²) in [5, 5.41) is 13.4. The summed E-state index contributed by atoms with van der Waals surface area (Å²) in [5.74, 6) is 0.353. The van der Waals surface area contributed by atoms with Gasteiger partial charge in [-0.1, -0.05) is 76.2 Å². The van der Waals surface area contributed by atoms with Gasteiger partial charge in [-0.05, 0) is 11.6 Å². The Labute approximate surface area is 156 Å². The second kappa shape index (κ2) is 9.88. The molecule has 0 saturated carbocycles. The van der Waals surface area contributed by atoms with Gasteiger partial charge in [0, 0.05) is 13.8 Å². The van der Waals surface area contributed by atoms with Crippen LogP contribution in [0.15, 0.2) is 59.7 Å². The number of hydrogen-bond donors (Lipinski definition) is 2. The van der Waals surface area contributed by atoms with Gasteiger partial charge in [0.25, 0.3) is 5.95 Å². The van der Waals surface area contributed by atoms with E-state index >= 15 is 0 Å². The number of anilines is 1. The van der Waals surface area contributed by atoms with Crippen LogP contribution in [0.25, 0.3) is 22.1 Å². The number of fused-ring (bicyclic) bond motifs is 3. The van der Waals surface area contributed by atoms with E-state index in [2.05, 4.69) is 30.7 Å². The van der Waals surface area contributed by atoms with Crippen molar-refractivity contribution in [3.05, 3.63) is 60.2 Å². The molecule has 0 aliphatic heterocycles. The van der Waals surface area contributed by atoms with E-state index in [1.54, 1.807) is 6.21 Å². The topological polar surface area (TPSA) is 78.8 Å². The summed E-state index contributed by atoms with van der Waals surface area (Å²) in [5.41, 5.74) is 6.23. The fraction of sp³-hybridized carbons (Fsp3) is 0.200. The van der Waals surface area contributed by atoms with Crippen molar-refractivity contribution in [1.29, 1.82) is 0 Å². The summed E-state index contributed by atoms with van der Waals surface area (Å²) in [6, 6.07) is 17.7. The molecule has 0 amide bonds. The lowest BCUT2D eigenvalue weighted by atomic mass is 10.2. The van der Waals surface area contributed by atoms with E-state index < -0.39 is 0 Å². The largest absolute Gasteiger partial charge is 0.338 e. The van der Waals surface area contributed by atoms with Gasteiger partial charge in [-0.25, -0.2) is 5.43 Å². The minimum Gasteiger partial charge on any atom is -0.338 e. The van der Waals surface area contributed by atoms with E-state index in [0.29, 0.717) is 11.6 Å². The Balaban J connectivity index is 0.00000115. The number of nitrogens with zero attached hydrogens (tertiary/aromatic N) is 4. The molecular formula is C20H28N6. The summed E-state index contributed by atoms with van der Waals surface area (Å²) < 4.78 is 0. The molecule has 26 heavy (non-hydrogen) atoms. The Morgan fingerprint density at radius 3 is 2.38 bits per heavy atom. The lowest BCUT2D eigenvalue weighted by molar-refractivity contribution is 1.01. The number of para-hydroxylation sites is 1. The van der Waals surface area contributed by atoms with Crippen LogP contribution in [-0.2, 0) is 0 Å². The van der Waals surface area contributed by atoms with E-state index in [0.717, 1.165) is 22.0 Å². The molecule has 0 aliphatic rings. The normalized spacial score (nSPS) is 10.2. The standard InChI is InChI=1S/C16H12N6.2C2H6.2H2/c1-2-6-11(7-3-1)10-17-21-16-19-15-14(20-22-16)12-8-4-5-9-13(12)18-15;2*1-2;;/h1-10H,(H2,18,19,21,22);2*1-2H3;2*1H/b17-10+;;;;. The highest BCUT2D eigenvalue weighted by Crippen LogP contribution is 2.21. The molecule has 0 saturated heterocycles. The molecule has 6 heteroatoms. The number of rotatable bonds is 3. The summed E-state index contributed by atoms with van der Waals surface area (Å²) in [6.07, 6.45) is 1.71. The third-order valence-corrected chi connectivity index (χ3v) is 3.30. The zero-order chi connectivity index (χ0) is 18.8. The Kier molecular flexibility index (Phi) is 7.24. The van der Waals surface area contributed by atoms with E-state index in [4.69, 9.17) is 0 Å². The molecule has 0 aliphatic carbocycles. The smallest absolute Gasteiger partial charge is 0.265 e. The number of aromatic amines is 1. The van der Waals surface area contributed by atoms with Crippen molar-refractivity contribution in [1.82, 2.24) is 20.2 Å². The highest BCUT2D eigenvalue weighted by Gasteiger charge is 2.07. The molecule has 2 aromatic carbocycles. The van der Waals surface area contributed by atoms with Gasteiger partial charge >= 0.3 is 0 Å². The van der Waals surface area contributed by atoms with Crippen LogP contribution in [0, 0.1) is 0 Å². The summed E-state index contributed by atoms with van der Waals surface area (Å²) in [4.78, 5) is 7.61. The Hall–Kier alpha value is -3.28. The van der Waals surface area contributed by atoms with Crippen molar-refractivity contribution in [2.75, 3.05) is 5.43 Å². The van der Waals surface area contributed by atoms with Gasteiger partial charge < -0.3 is 4.98 Å². The quantitative estimate of drug-likeness (QED) is 0.377. The van der Waals surface area contributed by atoms with E-state index in [1.807, 2.05) is 82.3 Å². The van der Waals surface area contributed by atoms with Crippen LogP contribution in [0.4, 0.5) is 5.95 Å². The predicted octanol–water partition coefficient (Wildman–Crippen LogP) is 5.50. The summed E-state index contributed by atoms with van der Waals surface area (Å²) in [6.45, 7) is 8.00. The number of nitrogens with one attached hydrogen (secondary N) is 2. The molecular weight excluding hydrogens is 324 g/mol. The molecule has 0 fully saturated rings. The van der Waals surface area contributed by atoms with Gasteiger partial charge in [0.05, 0.1) is 6.21 Å². The fourth-order valence-electron chi connectivity index (χ4n) is 2.27. The second-order valence-corrected chi connectivity index (χ2v) is 4.78. The predicted molar refractivity (Wildman–Crippen MR) is 114 cm³/mol. The van der Waals surface area contributed by atoms with Crippen LogP contribution in [0.5, 0.6) is 0 Å². The molecule has 0 spiro atoms.